The lowest BCUT2D eigenvalue weighted by molar-refractivity contribution is 0.184. The summed E-state index contributed by atoms with van der Waals surface area (Å²) in [6.07, 6.45) is 5.50. The Hall–Kier alpha value is -0.940. The van der Waals surface area contributed by atoms with Gasteiger partial charge in [-0.1, -0.05) is 13.3 Å². The van der Waals surface area contributed by atoms with Crippen LogP contribution in [0.3, 0.4) is 0 Å². The fourth-order valence-electron chi connectivity index (χ4n) is 2.46. The molecular formula is C12H22N4O. The lowest BCUT2D eigenvalue weighted by Crippen LogP contribution is -2.33. The van der Waals surface area contributed by atoms with Gasteiger partial charge < -0.3 is 14.6 Å². The molecule has 0 spiro atoms. The van der Waals surface area contributed by atoms with E-state index in [2.05, 4.69) is 27.0 Å². The van der Waals surface area contributed by atoms with Gasteiger partial charge in [-0.15, -0.1) is 10.2 Å². The lowest BCUT2D eigenvalue weighted by atomic mass is 9.90. The van der Waals surface area contributed by atoms with Crippen LogP contribution in [0.4, 0.5) is 0 Å². The second-order valence-electron chi connectivity index (χ2n) is 4.68. The molecule has 0 saturated carbocycles. The van der Waals surface area contributed by atoms with E-state index in [1.54, 1.807) is 13.4 Å². The van der Waals surface area contributed by atoms with E-state index >= 15 is 0 Å². The molecule has 0 bridgehead atoms. The van der Waals surface area contributed by atoms with E-state index in [1.807, 2.05) is 0 Å². The number of piperidine rings is 1. The largest absolute Gasteiger partial charge is 0.383 e. The van der Waals surface area contributed by atoms with Crippen LogP contribution in [-0.2, 0) is 11.3 Å². The summed E-state index contributed by atoms with van der Waals surface area (Å²) in [7, 11) is 1.72. The highest BCUT2D eigenvalue weighted by molar-refractivity contribution is 4.97. The Balaban J connectivity index is 2.02. The maximum atomic E-state index is 5.10. The zero-order valence-corrected chi connectivity index (χ0v) is 10.7. The van der Waals surface area contributed by atoms with Crippen LogP contribution in [0.25, 0.3) is 0 Å². The zero-order chi connectivity index (χ0) is 12.1. The number of nitrogens with one attached hydrogen (secondary N) is 1. The van der Waals surface area contributed by atoms with Gasteiger partial charge in [0.1, 0.15) is 12.2 Å². The molecule has 1 aliphatic rings. The minimum atomic E-state index is 0.355. The molecule has 2 unspecified atom stereocenters. The standard InChI is InChI=1S/C12H22N4O/c1-3-10-4-5-13-11(8-10)12-15-14-9-16(12)6-7-17-2/h9-11,13H,3-8H2,1-2H3. The molecule has 2 heterocycles. The third-order valence-electron chi connectivity index (χ3n) is 3.58. The van der Waals surface area contributed by atoms with Crippen molar-refractivity contribution in [3.8, 4) is 0 Å². The van der Waals surface area contributed by atoms with Crippen molar-refractivity contribution in [2.75, 3.05) is 20.3 Å². The molecule has 0 amide bonds. The molecule has 1 N–H and O–H groups in total. The number of methoxy groups -OCH3 is 1. The quantitative estimate of drug-likeness (QED) is 0.842. The number of nitrogens with zero attached hydrogens (tertiary/aromatic N) is 3. The maximum Gasteiger partial charge on any atom is 0.150 e. The number of hydrogen-bond acceptors (Lipinski definition) is 4. The van der Waals surface area contributed by atoms with Gasteiger partial charge in [0.2, 0.25) is 0 Å². The molecule has 1 aromatic heterocycles. The molecule has 1 saturated heterocycles. The molecule has 1 aliphatic heterocycles. The van der Waals surface area contributed by atoms with Crippen LogP contribution in [0, 0.1) is 5.92 Å². The van der Waals surface area contributed by atoms with Crippen molar-refractivity contribution in [2.24, 2.45) is 5.92 Å². The van der Waals surface area contributed by atoms with Crippen molar-refractivity contribution < 1.29 is 4.74 Å². The van der Waals surface area contributed by atoms with Gasteiger partial charge in [-0.2, -0.15) is 0 Å². The number of aromatic nitrogens is 3. The summed E-state index contributed by atoms with van der Waals surface area (Å²) in [4.78, 5) is 0. The molecule has 5 nitrogen and oxygen atoms in total. The van der Waals surface area contributed by atoms with E-state index in [4.69, 9.17) is 4.74 Å². The third kappa shape index (κ3) is 3.04. The van der Waals surface area contributed by atoms with Crippen molar-refractivity contribution in [1.82, 2.24) is 20.1 Å². The monoisotopic (exact) mass is 238 g/mol. The summed E-state index contributed by atoms with van der Waals surface area (Å²) in [5.41, 5.74) is 0. The first-order valence-corrected chi connectivity index (χ1v) is 6.45. The summed E-state index contributed by atoms with van der Waals surface area (Å²) in [6.45, 7) is 4.88. The Kier molecular flexibility index (Phi) is 4.50. The third-order valence-corrected chi connectivity index (χ3v) is 3.58. The Morgan fingerprint density at radius 3 is 3.24 bits per heavy atom. The number of rotatable bonds is 5. The van der Waals surface area contributed by atoms with Crippen molar-refractivity contribution >= 4 is 0 Å². The smallest absolute Gasteiger partial charge is 0.150 e. The van der Waals surface area contributed by atoms with Gasteiger partial charge in [0.05, 0.1) is 12.6 Å². The zero-order valence-electron chi connectivity index (χ0n) is 10.7. The summed E-state index contributed by atoms with van der Waals surface area (Å²) >= 11 is 0. The SMILES string of the molecule is CCC1CCNC(c2nncn2CCOC)C1. The van der Waals surface area contributed by atoms with Gasteiger partial charge in [-0.05, 0) is 25.3 Å². The van der Waals surface area contributed by atoms with Crippen LogP contribution < -0.4 is 5.32 Å². The van der Waals surface area contributed by atoms with Crippen LogP contribution in [0.2, 0.25) is 0 Å². The minimum Gasteiger partial charge on any atom is -0.383 e. The first kappa shape index (κ1) is 12.5. The van der Waals surface area contributed by atoms with E-state index in [9.17, 15) is 0 Å². The number of hydrogen-bond donors (Lipinski definition) is 1. The predicted molar refractivity (Wildman–Crippen MR) is 65.7 cm³/mol. The molecule has 96 valence electrons. The summed E-state index contributed by atoms with van der Waals surface area (Å²) in [5.74, 6) is 1.87. The average molecular weight is 238 g/mol. The molecule has 0 radical (unpaired) electrons. The van der Waals surface area contributed by atoms with Crippen LogP contribution in [0.5, 0.6) is 0 Å². The number of ether oxygens (including phenoxy) is 1. The van der Waals surface area contributed by atoms with Crippen molar-refractivity contribution in [1.29, 1.82) is 0 Å². The maximum absolute atomic E-state index is 5.10. The van der Waals surface area contributed by atoms with Crippen LogP contribution in [0.15, 0.2) is 6.33 Å². The Labute approximate surface area is 103 Å². The van der Waals surface area contributed by atoms with Gasteiger partial charge in [0, 0.05) is 13.7 Å². The van der Waals surface area contributed by atoms with Gasteiger partial charge in [-0.3, -0.25) is 0 Å². The lowest BCUT2D eigenvalue weighted by Gasteiger charge is -2.29. The van der Waals surface area contributed by atoms with E-state index in [1.165, 1.54) is 19.3 Å². The van der Waals surface area contributed by atoms with E-state index in [0.29, 0.717) is 12.6 Å². The van der Waals surface area contributed by atoms with Crippen molar-refractivity contribution in [2.45, 2.75) is 38.8 Å². The van der Waals surface area contributed by atoms with E-state index in [0.717, 1.165) is 24.8 Å². The van der Waals surface area contributed by atoms with Gasteiger partial charge in [0.15, 0.2) is 0 Å². The van der Waals surface area contributed by atoms with Gasteiger partial charge in [-0.25, -0.2) is 0 Å². The highest BCUT2D eigenvalue weighted by Gasteiger charge is 2.25. The first-order valence-electron chi connectivity index (χ1n) is 6.45. The molecule has 5 heteroatoms. The summed E-state index contributed by atoms with van der Waals surface area (Å²) < 4.78 is 7.20. The normalized spacial score (nSPS) is 25.1. The Morgan fingerprint density at radius 2 is 2.47 bits per heavy atom. The Bertz CT molecular complexity index is 339. The fourth-order valence-corrected chi connectivity index (χ4v) is 2.46. The summed E-state index contributed by atoms with van der Waals surface area (Å²) in [5, 5.41) is 11.8. The molecule has 1 fully saturated rings. The first-order chi connectivity index (χ1) is 8.35. The second-order valence-corrected chi connectivity index (χ2v) is 4.68. The highest BCUT2D eigenvalue weighted by Crippen LogP contribution is 2.27. The average Bonchev–Trinajstić information content (AvgIpc) is 2.84. The van der Waals surface area contributed by atoms with E-state index in [-0.39, 0.29) is 0 Å². The van der Waals surface area contributed by atoms with Crippen LogP contribution in [-0.4, -0.2) is 35.0 Å². The molecule has 2 atom stereocenters. The molecule has 0 aliphatic carbocycles. The molecule has 0 aromatic carbocycles. The van der Waals surface area contributed by atoms with Gasteiger partial charge in [0.25, 0.3) is 0 Å². The van der Waals surface area contributed by atoms with Crippen LogP contribution >= 0.6 is 0 Å². The minimum absolute atomic E-state index is 0.355. The topological polar surface area (TPSA) is 52.0 Å². The van der Waals surface area contributed by atoms with Crippen molar-refractivity contribution in [3.63, 3.8) is 0 Å². The Morgan fingerprint density at radius 1 is 1.59 bits per heavy atom. The molecule has 1 aromatic rings. The predicted octanol–water partition coefficient (Wildman–Crippen LogP) is 1.38. The van der Waals surface area contributed by atoms with Gasteiger partial charge >= 0.3 is 0 Å². The second kappa shape index (κ2) is 6.12. The molecular weight excluding hydrogens is 216 g/mol. The van der Waals surface area contributed by atoms with Crippen LogP contribution in [0.1, 0.15) is 38.1 Å². The molecule has 17 heavy (non-hydrogen) atoms. The molecule has 2 rings (SSSR count). The van der Waals surface area contributed by atoms with E-state index < -0.39 is 0 Å². The summed E-state index contributed by atoms with van der Waals surface area (Å²) in [6, 6.07) is 0.355. The highest BCUT2D eigenvalue weighted by atomic mass is 16.5. The van der Waals surface area contributed by atoms with Crippen molar-refractivity contribution in [3.05, 3.63) is 12.2 Å². The fraction of sp³-hybridized carbons (Fsp3) is 0.833.